The summed E-state index contributed by atoms with van der Waals surface area (Å²) in [7, 11) is 0. The fourth-order valence-corrected chi connectivity index (χ4v) is 1.88. The van der Waals surface area contributed by atoms with Gasteiger partial charge < -0.3 is 5.32 Å². The summed E-state index contributed by atoms with van der Waals surface area (Å²) in [5.41, 5.74) is 0.829. The smallest absolute Gasteiger partial charge is 0.239 e. The molecule has 3 nitrogen and oxygen atoms in total. The average Bonchev–Trinajstić information content (AvgIpc) is 2.29. The van der Waals surface area contributed by atoms with Gasteiger partial charge in [0.2, 0.25) is 5.91 Å². The molecule has 1 amide bonds. The molecule has 2 aromatic carbocycles. The molecule has 0 aromatic heterocycles. The number of benzene rings is 2. The minimum Gasteiger partial charge on any atom is -0.325 e. The van der Waals surface area contributed by atoms with Crippen LogP contribution in [0.5, 0.6) is 0 Å². The van der Waals surface area contributed by atoms with Crippen LogP contribution in [0, 0.1) is 0 Å². The first-order valence-corrected chi connectivity index (χ1v) is 5.99. The molecule has 0 aliphatic heterocycles. The zero-order chi connectivity index (χ0) is 11.4. The summed E-state index contributed by atoms with van der Waals surface area (Å²) in [6.07, 6.45) is 0. The highest BCUT2D eigenvalue weighted by molar-refractivity contribution is 14.1. The lowest BCUT2D eigenvalue weighted by molar-refractivity contribution is -0.115. The van der Waals surface area contributed by atoms with E-state index < -0.39 is 0 Å². The van der Waals surface area contributed by atoms with Gasteiger partial charge in [0.25, 0.3) is 0 Å². The number of carbonyl (C=O) groups is 1. The van der Waals surface area contributed by atoms with Gasteiger partial charge in [0.05, 0.1) is 6.54 Å². The lowest BCUT2D eigenvalue weighted by Gasteiger charge is -2.05. The summed E-state index contributed by atoms with van der Waals surface area (Å²) < 4.78 is 2.78. The number of hydrogen-bond donors (Lipinski definition) is 2. The van der Waals surface area contributed by atoms with Gasteiger partial charge in [-0.3, -0.25) is 8.32 Å². The van der Waals surface area contributed by atoms with Crippen LogP contribution in [0.3, 0.4) is 0 Å². The third kappa shape index (κ3) is 2.70. The summed E-state index contributed by atoms with van der Waals surface area (Å²) in [5, 5.41) is 5.13. The van der Waals surface area contributed by atoms with Crippen LogP contribution in [0.1, 0.15) is 0 Å². The maximum absolute atomic E-state index is 11.4. The molecule has 0 fully saturated rings. The molecule has 16 heavy (non-hydrogen) atoms. The van der Waals surface area contributed by atoms with E-state index in [1.165, 1.54) is 5.39 Å². The van der Waals surface area contributed by atoms with E-state index in [4.69, 9.17) is 0 Å². The van der Waals surface area contributed by atoms with Crippen molar-refractivity contribution in [1.29, 1.82) is 0 Å². The highest BCUT2D eigenvalue weighted by atomic mass is 127. The van der Waals surface area contributed by atoms with Crippen LogP contribution in [0.4, 0.5) is 5.69 Å². The van der Waals surface area contributed by atoms with E-state index in [-0.39, 0.29) is 5.91 Å². The van der Waals surface area contributed by atoms with Gasteiger partial charge in [-0.05, 0) is 22.9 Å². The van der Waals surface area contributed by atoms with Crippen molar-refractivity contribution < 1.29 is 4.79 Å². The number of rotatable bonds is 3. The normalized spacial score (nSPS) is 10.3. The molecule has 0 saturated heterocycles. The van der Waals surface area contributed by atoms with E-state index in [2.05, 4.69) is 8.85 Å². The molecule has 0 bridgehead atoms. The Morgan fingerprint density at radius 2 is 1.88 bits per heavy atom. The van der Waals surface area contributed by atoms with E-state index in [9.17, 15) is 4.79 Å². The maximum Gasteiger partial charge on any atom is 0.239 e. The molecular formula is C12H11IN2O. The van der Waals surface area contributed by atoms with Gasteiger partial charge in [0.1, 0.15) is 0 Å². The Labute approximate surface area is 108 Å². The highest BCUT2D eigenvalue weighted by Crippen LogP contribution is 2.18. The van der Waals surface area contributed by atoms with Crippen LogP contribution < -0.4 is 8.85 Å². The van der Waals surface area contributed by atoms with E-state index in [1.54, 1.807) is 0 Å². The molecule has 2 N–H and O–H groups in total. The lowest BCUT2D eigenvalue weighted by Crippen LogP contribution is -2.21. The number of anilines is 1. The minimum absolute atomic E-state index is 0.0373. The third-order valence-corrected chi connectivity index (χ3v) is 2.64. The molecule has 4 heteroatoms. The SMILES string of the molecule is O=C(CNI)Nc1ccc2ccccc2c1. The van der Waals surface area contributed by atoms with Crippen molar-refractivity contribution in [3.63, 3.8) is 0 Å². The Hall–Kier alpha value is -1.14. The second-order valence-corrected chi connectivity index (χ2v) is 4.18. The molecule has 2 aromatic rings. The van der Waals surface area contributed by atoms with Gasteiger partial charge in [-0.1, -0.05) is 30.3 Å². The van der Waals surface area contributed by atoms with Gasteiger partial charge in [0.15, 0.2) is 0 Å². The third-order valence-electron chi connectivity index (χ3n) is 2.26. The summed E-state index contributed by atoms with van der Waals surface area (Å²) >= 11 is 1.95. The molecule has 0 aliphatic carbocycles. The average molecular weight is 326 g/mol. The molecule has 0 spiro atoms. The number of hydrogen-bond acceptors (Lipinski definition) is 2. The summed E-state index contributed by atoms with van der Waals surface area (Å²) in [4.78, 5) is 11.4. The minimum atomic E-state index is -0.0373. The van der Waals surface area contributed by atoms with E-state index in [1.807, 2.05) is 65.3 Å². The predicted octanol–water partition coefficient (Wildman–Crippen LogP) is 2.72. The monoisotopic (exact) mass is 326 g/mol. The Kier molecular flexibility index (Phi) is 3.74. The van der Waals surface area contributed by atoms with E-state index in [0.717, 1.165) is 11.1 Å². The quantitative estimate of drug-likeness (QED) is 0.673. The number of fused-ring (bicyclic) bond motifs is 1. The number of nitrogens with one attached hydrogen (secondary N) is 2. The number of carbonyl (C=O) groups excluding carboxylic acids is 1. The Balaban J connectivity index is 2.22. The Morgan fingerprint density at radius 3 is 2.62 bits per heavy atom. The topological polar surface area (TPSA) is 41.1 Å². The Morgan fingerprint density at radius 1 is 1.12 bits per heavy atom. The van der Waals surface area contributed by atoms with Crippen LogP contribution in [-0.4, -0.2) is 12.5 Å². The highest BCUT2D eigenvalue weighted by Gasteiger charge is 2.01. The van der Waals surface area contributed by atoms with Crippen molar-refractivity contribution in [2.24, 2.45) is 0 Å². The fourth-order valence-electron chi connectivity index (χ4n) is 1.53. The van der Waals surface area contributed by atoms with Crippen molar-refractivity contribution in [2.45, 2.75) is 0 Å². The first kappa shape index (κ1) is 11.3. The molecule has 0 aliphatic rings. The first-order chi connectivity index (χ1) is 7.79. The Bertz CT molecular complexity index is 513. The van der Waals surface area contributed by atoms with Gasteiger partial charge >= 0.3 is 0 Å². The van der Waals surface area contributed by atoms with Crippen LogP contribution >= 0.6 is 22.9 Å². The van der Waals surface area contributed by atoms with Crippen LogP contribution in [0.25, 0.3) is 10.8 Å². The van der Waals surface area contributed by atoms with Gasteiger partial charge in [-0.2, -0.15) is 0 Å². The van der Waals surface area contributed by atoms with E-state index >= 15 is 0 Å². The predicted molar refractivity (Wildman–Crippen MR) is 74.6 cm³/mol. The van der Waals surface area contributed by atoms with Crippen molar-refractivity contribution in [1.82, 2.24) is 3.53 Å². The number of halogens is 1. The first-order valence-electron chi connectivity index (χ1n) is 4.92. The molecule has 0 saturated carbocycles. The van der Waals surface area contributed by atoms with E-state index in [0.29, 0.717) is 6.54 Å². The fraction of sp³-hybridized carbons (Fsp3) is 0.0833. The van der Waals surface area contributed by atoms with Gasteiger partial charge in [-0.25, -0.2) is 0 Å². The van der Waals surface area contributed by atoms with Gasteiger partial charge in [0, 0.05) is 28.6 Å². The molecule has 2 rings (SSSR count). The molecule has 0 atom stereocenters. The molecule has 0 radical (unpaired) electrons. The van der Waals surface area contributed by atoms with Crippen LogP contribution in [0.15, 0.2) is 42.5 Å². The zero-order valence-corrected chi connectivity index (χ0v) is 10.7. The standard InChI is InChI=1S/C12H11IN2O/c13-14-8-12(16)15-11-6-5-9-3-1-2-4-10(9)7-11/h1-7,14H,8H2,(H,15,16). The summed E-state index contributed by atoms with van der Waals surface area (Å²) in [6.45, 7) is 0.313. The van der Waals surface area contributed by atoms with Crippen molar-refractivity contribution in [2.75, 3.05) is 11.9 Å². The van der Waals surface area contributed by atoms with Crippen LogP contribution in [0.2, 0.25) is 0 Å². The largest absolute Gasteiger partial charge is 0.325 e. The summed E-state index contributed by atoms with van der Waals surface area (Å²) in [5.74, 6) is -0.0373. The molecule has 82 valence electrons. The summed E-state index contributed by atoms with van der Waals surface area (Å²) in [6, 6.07) is 14.0. The zero-order valence-electron chi connectivity index (χ0n) is 8.53. The van der Waals surface area contributed by atoms with Crippen molar-refractivity contribution >= 4 is 45.2 Å². The second kappa shape index (κ2) is 5.27. The maximum atomic E-state index is 11.4. The van der Waals surface area contributed by atoms with Crippen LogP contribution in [-0.2, 0) is 4.79 Å². The van der Waals surface area contributed by atoms with Gasteiger partial charge in [-0.15, -0.1) is 0 Å². The molecule has 0 heterocycles. The molecular weight excluding hydrogens is 315 g/mol. The lowest BCUT2D eigenvalue weighted by atomic mass is 10.1. The van der Waals surface area contributed by atoms with Crippen molar-refractivity contribution in [3.05, 3.63) is 42.5 Å². The second-order valence-electron chi connectivity index (χ2n) is 3.42. The molecule has 0 unspecified atom stereocenters. The number of amides is 1. The van der Waals surface area contributed by atoms with Crippen molar-refractivity contribution in [3.8, 4) is 0 Å².